The van der Waals surface area contributed by atoms with Gasteiger partial charge in [0.05, 0.1) is 0 Å². The van der Waals surface area contributed by atoms with Crippen LogP contribution in [0.2, 0.25) is 0 Å². The molecule has 0 atom stereocenters. The van der Waals surface area contributed by atoms with Crippen molar-refractivity contribution in [1.29, 1.82) is 0 Å². The summed E-state index contributed by atoms with van der Waals surface area (Å²) < 4.78 is 8.68. The summed E-state index contributed by atoms with van der Waals surface area (Å²) in [7, 11) is 0. The van der Waals surface area contributed by atoms with Crippen LogP contribution in [0.1, 0.15) is 17.3 Å². The summed E-state index contributed by atoms with van der Waals surface area (Å²) in [4.78, 5) is 12.1. The number of benzene rings is 3. The number of fused-ring (bicyclic) bond motifs is 1. The monoisotopic (exact) mass is 392 g/mol. The van der Waals surface area contributed by atoms with E-state index in [1.807, 2.05) is 48.5 Å². The van der Waals surface area contributed by atoms with Crippen molar-refractivity contribution in [2.75, 3.05) is 0 Å². The number of carbonyl (C=O) groups is 1. The third-order valence-corrected chi connectivity index (χ3v) is 6.41. The first kappa shape index (κ1) is 15.9. The summed E-state index contributed by atoms with van der Waals surface area (Å²) in [5, 5.41) is 1.12. The zero-order valence-electron chi connectivity index (χ0n) is 13.7. The average Bonchev–Trinajstić information content (AvgIpc) is 3.01. The average molecular weight is 391 g/mol. The van der Waals surface area contributed by atoms with Crippen molar-refractivity contribution in [3.05, 3.63) is 84.4 Å². The Kier molecular flexibility index (Phi) is 4.27. The number of rotatable bonds is 4. The van der Waals surface area contributed by atoms with E-state index < -0.39 is 0 Å². The van der Waals surface area contributed by atoms with Crippen LogP contribution in [0.25, 0.3) is 22.3 Å². The van der Waals surface area contributed by atoms with Gasteiger partial charge in [-0.25, -0.2) is 0 Å². The van der Waals surface area contributed by atoms with E-state index in [2.05, 4.69) is 30.3 Å². The molecule has 0 aliphatic heterocycles. The van der Waals surface area contributed by atoms with Crippen molar-refractivity contribution >= 4 is 40.6 Å². The molecule has 0 saturated carbocycles. The first-order valence-corrected chi connectivity index (χ1v) is 9.80. The van der Waals surface area contributed by atoms with Crippen molar-refractivity contribution in [2.45, 2.75) is 6.92 Å². The Bertz CT molecular complexity index is 1050. The van der Waals surface area contributed by atoms with Crippen molar-refractivity contribution < 1.29 is 9.21 Å². The third kappa shape index (κ3) is 3.04. The van der Waals surface area contributed by atoms with Crippen LogP contribution in [-0.2, 0) is 0 Å². The van der Waals surface area contributed by atoms with E-state index in [0.717, 1.165) is 22.3 Å². The number of carbonyl (C=O) groups excluding carboxylic acids is 1. The molecule has 2 nitrogen and oxygen atoms in total. The second-order valence-corrected chi connectivity index (χ2v) is 8.05. The fourth-order valence-electron chi connectivity index (χ4n) is 2.89. The van der Waals surface area contributed by atoms with E-state index in [0.29, 0.717) is 5.56 Å². The summed E-state index contributed by atoms with van der Waals surface area (Å²) in [5.74, 6) is 0.866. The molecule has 0 bridgehead atoms. The normalized spacial score (nSPS) is 10.9. The predicted octanol–water partition coefficient (Wildman–Crippen LogP) is 3.96. The minimum absolute atomic E-state index is 0.0502. The predicted molar refractivity (Wildman–Crippen MR) is 103 cm³/mol. The Balaban J connectivity index is 1.95. The minimum atomic E-state index is 0.0502. The van der Waals surface area contributed by atoms with Crippen molar-refractivity contribution in [1.82, 2.24) is 0 Å². The van der Waals surface area contributed by atoms with Crippen LogP contribution in [0.5, 0.6) is 0 Å². The molecule has 4 rings (SSSR count). The van der Waals surface area contributed by atoms with Crippen LogP contribution < -0.4 is 8.92 Å². The van der Waals surface area contributed by atoms with Gasteiger partial charge in [0.15, 0.2) is 0 Å². The fourth-order valence-corrected chi connectivity index (χ4v) is 5.10. The summed E-state index contributed by atoms with van der Waals surface area (Å²) >= 11 is 0.0904. The van der Waals surface area contributed by atoms with Gasteiger partial charge >= 0.3 is 153 Å². The van der Waals surface area contributed by atoms with Crippen LogP contribution in [0, 0.1) is 0 Å². The number of furan rings is 1. The van der Waals surface area contributed by atoms with E-state index in [-0.39, 0.29) is 20.7 Å². The molecule has 25 heavy (non-hydrogen) atoms. The summed E-state index contributed by atoms with van der Waals surface area (Å²) in [6, 6.07) is 26.2. The maximum atomic E-state index is 12.1. The Hall–Kier alpha value is -2.61. The number of hydrogen-bond donors (Lipinski definition) is 0. The molecule has 3 aromatic carbocycles. The molecule has 0 N–H and O–H groups in total. The summed E-state index contributed by atoms with van der Waals surface area (Å²) in [5.41, 5.74) is 2.44. The fraction of sp³-hybridized carbons (Fsp3) is 0.0455. The first-order valence-electron chi connectivity index (χ1n) is 8.09. The van der Waals surface area contributed by atoms with Crippen LogP contribution >= 0.6 is 0 Å². The molecule has 0 spiro atoms. The van der Waals surface area contributed by atoms with Gasteiger partial charge in [-0.1, -0.05) is 0 Å². The van der Waals surface area contributed by atoms with Gasteiger partial charge in [-0.15, -0.1) is 0 Å². The van der Waals surface area contributed by atoms with Gasteiger partial charge in [-0.2, -0.15) is 0 Å². The Morgan fingerprint density at radius 1 is 0.840 bits per heavy atom. The topological polar surface area (TPSA) is 30.2 Å². The Labute approximate surface area is 152 Å². The first-order chi connectivity index (χ1) is 12.2. The van der Waals surface area contributed by atoms with E-state index in [4.69, 9.17) is 4.42 Å². The van der Waals surface area contributed by atoms with Crippen LogP contribution in [0.15, 0.2) is 83.3 Å². The molecule has 0 radical (unpaired) electrons. The molecular formula is C22H16O2Se. The molecule has 0 saturated heterocycles. The zero-order valence-corrected chi connectivity index (χ0v) is 15.4. The summed E-state index contributed by atoms with van der Waals surface area (Å²) in [6.45, 7) is 1.60. The van der Waals surface area contributed by atoms with Gasteiger partial charge in [0.25, 0.3) is 0 Å². The van der Waals surface area contributed by atoms with Gasteiger partial charge in [0, 0.05) is 0 Å². The number of hydrogen-bond acceptors (Lipinski definition) is 2. The number of ketones is 1. The van der Waals surface area contributed by atoms with Crippen LogP contribution in [-0.4, -0.2) is 20.7 Å². The Morgan fingerprint density at radius 2 is 1.52 bits per heavy atom. The van der Waals surface area contributed by atoms with Gasteiger partial charge in [0.1, 0.15) is 0 Å². The van der Waals surface area contributed by atoms with Gasteiger partial charge in [-0.3, -0.25) is 0 Å². The molecule has 0 amide bonds. The van der Waals surface area contributed by atoms with Crippen LogP contribution in [0.4, 0.5) is 0 Å². The quantitative estimate of drug-likeness (QED) is 0.390. The Morgan fingerprint density at radius 3 is 2.32 bits per heavy atom. The molecule has 0 aliphatic rings. The van der Waals surface area contributed by atoms with Crippen molar-refractivity contribution in [3.8, 4) is 11.3 Å². The van der Waals surface area contributed by atoms with E-state index in [9.17, 15) is 4.79 Å². The second-order valence-electron chi connectivity index (χ2n) is 5.77. The molecule has 4 aromatic rings. The molecule has 0 unspecified atom stereocenters. The summed E-state index contributed by atoms with van der Waals surface area (Å²) in [6.07, 6.45) is 0. The molecular weight excluding hydrogens is 375 g/mol. The van der Waals surface area contributed by atoms with E-state index >= 15 is 0 Å². The SMILES string of the molecule is CC(=O)c1ccccc1-c1oc2ccccc2c1[Se]c1ccccc1. The molecule has 122 valence electrons. The molecule has 0 aliphatic carbocycles. The molecule has 0 fully saturated rings. The standard InChI is InChI=1S/C22H16O2Se/c1-15(23)17-11-5-6-12-18(17)21-22(25-16-9-3-2-4-10-16)19-13-7-8-14-20(19)24-21/h2-14H,1H3. The van der Waals surface area contributed by atoms with Crippen LogP contribution in [0.3, 0.4) is 0 Å². The second kappa shape index (κ2) is 6.72. The zero-order chi connectivity index (χ0) is 17.2. The molecule has 1 aromatic heterocycles. The van der Waals surface area contributed by atoms with E-state index in [1.165, 1.54) is 8.92 Å². The van der Waals surface area contributed by atoms with Gasteiger partial charge < -0.3 is 0 Å². The molecule has 3 heteroatoms. The van der Waals surface area contributed by atoms with Gasteiger partial charge in [-0.05, 0) is 0 Å². The van der Waals surface area contributed by atoms with Crippen molar-refractivity contribution in [2.24, 2.45) is 0 Å². The van der Waals surface area contributed by atoms with Crippen molar-refractivity contribution in [3.63, 3.8) is 0 Å². The van der Waals surface area contributed by atoms with E-state index in [1.54, 1.807) is 6.92 Å². The maximum absolute atomic E-state index is 12.1. The number of Topliss-reactive ketones (excluding diaryl/α,β-unsaturated/α-hetero) is 1. The van der Waals surface area contributed by atoms with Gasteiger partial charge in [0.2, 0.25) is 0 Å². The molecule has 1 heterocycles. The number of para-hydroxylation sites is 1. The third-order valence-electron chi connectivity index (χ3n) is 4.06.